The van der Waals surface area contributed by atoms with Crippen molar-refractivity contribution in [2.45, 2.75) is 105 Å². The Bertz CT molecular complexity index is 672. The maximum absolute atomic E-state index is 10.2. The van der Waals surface area contributed by atoms with Gasteiger partial charge >= 0.3 is 0 Å². The molecular formula is C28H46O. The molecule has 4 rings (SSSR count). The van der Waals surface area contributed by atoms with E-state index in [1.165, 1.54) is 44.9 Å². The van der Waals surface area contributed by atoms with Crippen molar-refractivity contribution < 1.29 is 5.11 Å². The summed E-state index contributed by atoms with van der Waals surface area (Å²) < 4.78 is 0. The molecule has 0 aliphatic heterocycles. The molecule has 1 heteroatoms. The highest BCUT2D eigenvalue weighted by molar-refractivity contribution is 5.38. The molecule has 0 aromatic heterocycles. The Morgan fingerprint density at radius 3 is 2.41 bits per heavy atom. The average Bonchev–Trinajstić information content (AvgIpc) is 3.03. The molecule has 4 aliphatic carbocycles. The summed E-state index contributed by atoms with van der Waals surface area (Å²) in [6, 6.07) is 0. The lowest BCUT2D eigenvalue weighted by Crippen LogP contribution is -2.46. The van der Waals surface area contributed by atoms with E-state index in [9.17, 15) is 5.11 Å². The van der Waals surface area contributed by atoms with Crippen LogP contribution in [0.4, 0.5) is 0 Å². The second kappa shape index (κ2) is 7.85. The van der Waals surface area contributed by atoms with Crippen LogP contribution in [0.15, 0.2) is 23.3 Å². The van der Waals surface area contributed by atoms with Crippen molar-refractivity contribution in [3.63, 3.8) is 0 Å². The van der Waals surface area contributed by atoms with Crippen LogP contribution in [0.5, 0.6) is 0 Å². The normalized spacial score (nSPS) is 43.7. The van der Waals surface area contributed by atoms with Crippen molar-refractivity contribution in [1.82, 2.24) is 0 Å². The summed E-state index contributed by atoms with van der Waals surface area (Å²) in [4.78, 5) is 0. The van der Waals surface area contributed by atoms with Gasteiger partial charge in [0.1, 0.15) is 0 Å². The summed E-state index contributed by atoms with van der Waals surface area (Å²) in [7, 11) is 0. The van der Waals surface area contributed by atoms with Crippen molar-refractivity contribution in [1.29, 1.82) is 0 Å². The van der Waals surface area contributed by atoms with E-state index >= 15 is 0 Å². The number of rotatable bonds is 5. The van der Waals surface area contributed by atoms with Gasteiger partial charge in [-0.2, -0.15) is 0 Å². The highest BCUT2D eigenvalue weighted by Crippen LogP contribution is 2.66. The Kier molecular flexibility index (Phi) is 5.86. The highest BCUT2D eigenvalue weighted by atomic mass is 16.3. The molecule has 29 heavy (non-hydrogen) atoms. The van der Waals surface area contributed by atoms with Crippen LogP contribution in [0.2, 0.25) is 0 Å². The van der Waals surface area contributed by atoms with Gasteiger partial charge < -0.3 is 5.11 Å². The molecule has 0 heterocycles. The summed E-state index contributed by atoms with van der Waals surface area (Å²) in [6.45, 7) is 14.9. The van der Waals surface area contributed by atoms with Gasteiger partial charge in [-0.25, -0.2) is 0 Å². The largest absolute Gasteiger partial charge is 0.393 e. The van der Waals surface area contributed by atoms with Crippen molar-refractivity contribution in [3.8, 4) is 0 Å². The van der Waals surface area contributed by atoms with Crippen LogP contribution in [0.25, 0.3) is 0 Å². The summed E-state index contributed by atoms with van der Waals surface area (Å²) in [5.74, 6) is 4.97. The summed E-state index contributed by atoms with van der Waals surface area (Å²) >= 11 is 0. The first-order valence-corrected chi connectivity index (χ1v) is 12.8. The standard InChI is InChI=1S/C28H46O/c1-18(2)19(3)7-8-20(4)24-11-12-25-23-10-9-21-17-22(29)13-15-27(21,5)26(23)14-16-28(24,25)6/h9-10,18-20,22,24-26,29H,7-8,11-17H2,1-6H3/t19-,20-,22+,24-,25-,26-,27+,28-/m1/s1. The SMILES string of the molecule is CC(C)[C@H](C)CC[C@@H](C)[C@H]1CC[C@@H]2C3=CC=C4C[C@@H](O)CC[C@]4(C)[C@@H]3CC[C@@]21C. The molecule has 0 saturated heterocycles. The third-order valence-corrected chi connectivity index (χ3v) is 10.5. The van der Waals surface area contributed by atoms with E-state index in [0.717, 1.165) is 48.3 Å². The second-order valence-electron chi connectivity index (χ2n) is 12.3. The topological polar surface area (TPSA) is 20.2 Å². The third kappa shape index (κ3) is 3.58. The average molecular weight is 399 g/mol. The van der Waals surface area contributed by atoms with Crippen LogP contribution in [-0.4, -0.2) is 11.2 Å². The van der Waals surface area contributed by atoms with Crippen LogP contribution in [-0.2, 0) is 0 Å². The predicted octanol–water partition coefficient (Wildman–Crippen LogP) is 7.55. The zero-order valence-electron chi connectivity index (χ0n) is 20.0. The lowest BCUT2D eigenvalue weighted by Gasteiger charge is -2.55. The maximum atomic E-state index is 10.2. The fourth-order valence-corrected chi connectivity index (χ4v) is 8.02. The fraction of sp³-hybridized carbons (Fsp3) is 0.857. The Balaban J connectivity index is 1.52. The summed E-state index contributed by atoms with van der Waals surface area (Å²) in [6.07, 6.45) is 16.4. The first kappa shape index (κ1) is 21.7. The monoisotopic (exact) mass is 398 g/mol. The molecule has 164 valence electrons. The van der Waals surface area contributed by atoms with E-state index in [1.807, 2.05) is 0 Å². The van der Waals surface area contributed by atoms with Gasteiger partial charge in [0, 0.05) is 0 Å². The van der Waals surface area contributed by atoms with Gasteiger partial charge in [-0.3, -0.25) is 0 Å². The molecular weight excluding hydrogens is 352 g/mol. The molecule has 4 aliphatic rings. The van der Waals surface area contributed by atoms with Gasteiger partial charge in [0.05, 0.1) is 6.10 Å². The number of aliphatic hydroxyl groups is 1. The van der Waals surface area contributed by atoms with Gasteiger partial charge in [0.2, 0.25) is 0 Å². The number of hydrogen-bond donors (Lipinski definition) is 1. The van der Waals surface area contributed by atoms with Crippen LogP contribution >= 0.6 is 0 Å². The van der Waals surface area contributed by atoms with Crippen LogP contribution in [0.3, 0.4) is 0 Å². The van der Waals surface area contributed by atoms with E-state index in [4.69, 9.17) is 0 Å². The van der Waals surface area contributed by atoms with E-state index < -0.39 is 0 Å². The van der Waals surface area contributed by atoms with Gasteiger partial charge in [0.25, 0.3) is 0 Å². The fourth-order valence-electron chi connectivity index (χ4n) is 8.02. The molecule has 0 aromatic rings. The quantitative estimate of drug-likeness (QED) is 0.506. The molecule has 0 bridgehead atoms. The highest BCUT2D eigenvalue weighted by Gasteiger charge is 2.56. The number of allylic oxidation sites excluding steroid dienone is 3. The third-order valence-electron chi connectivity index (χ3n) is 10.5. The molecule has 8 atom stereocenters. The van der Waals surface area contributed by atoms with E-state index in [2.05, 4.69) is 53.7 Å². The molecule has 0 spiro atoms. The summed E-state index contributed by atoms with van der Waals surface area (Å²) in [5, 5.41) is 10.2. The number of fused-ring (bicyclic) bond motifs is 5. The first-order chi connectivity index (χ1) is 13.7. The van der Waals surface area contributed by atoms with Crippen molar-refractivity contribution >= 4 is 0 Å². The minimum absolute atomic E-state index is 0.108. The van der Waals surface area contributed by atoms with Crippen LogP contribution in [0.1, 0.15) is 99.3 Å². The Hall–Kier alpha value is -0.560. The molecule has 3 fully saturated rings. The Morgan fingerprint density at radius 1 is 0.931 bits per heavy atom. The molecule has 1 nitrogen and oxygen atoms in total. The van der Waals surface area contributed by atoms with Gasteiger partial charge in [-0.1, -0.05) is 77.7 Å². The van der Waals surface area contributed by atoms with Crippen molar-refractivity contribution in [2.75, 3.05) is 0 Å². The lowest BCUT2D eigenvalue weighted by molar-refractivity contribution is 0.0317. The zero-order valence-corrected chi connectivity index (χ0v) is 20.0. The van der Waals surface area contributed by atoms with E-state index in [0.29, 0.717) is 10.8 Å². The molecule has 1 N–H and O–H groups in total. The first-order valence-electron chi connectivity index (χ1n) is 12.8. The molecule has 3 saturated carbocycles. The lowest BCUT2D eigenvalue weighted by atomic mass is 9.50. The van der Waals surface area contributed by atoms with Crippen molar-refractivity contribution in [2.24, 2.45) is 46.3 Å². The smallest absolute Gasteiger partial charge is 0.0578 e. The number of hydrogen-bond acceptors (Lipinski definition) is 1. The second-order valence-corrected chi connectivity index (χ2v) is 12.3. The summed E-state index contributed by atoms with van der Waals surface area (Å²) in [5.41, 5.74) is 4.17. The molecule has 0 aromatic carbocycles. The van der Waals surface area contributed by atoms with Crippen LogP contribution in [0, 0.1) is 46.3 Å². The van der Waals surface area contributed by atoms with E-state index in [-0.39, 0.29) is 6.10 Å². The van der Waals surface area contributed by atoms with Crippen molar-refractivity contribution in [3.05, 3.63) is 23.3 Å². The minimum Gasteiger partial charge on any atom is -0.393 e. The minimum atomic E-state index is -0.108. The van der Waals surface area contributed by atoms with Gasteiger partial charge in [-0.15, -0.1) is 0 Å². The van der Waals surface area contributed by atoms with Gasteiger partial charge in [0.15, 0.2) is 0 Å². The predicted molar refractivity (Wildman–Crippen MR) is 124 cm³/mol. The van der Waals surface area contributed by atoms with E-state index in [1.54, 1.807) is 11.1 Å². The zero-order chi connectivity index (χ0) is 21.0. The van der Waals surface area contributed by atoms with Crippen LogP contribution < -0.4 is 0 Å². The molecule has 0 radical (unpaired) electrons. The molecule has 0 amide bonds. The number of aliphatic hydroxyl groups excluding tert-OH is 1. The Labute approximate surface area is 180 Å². The Morgan fingerprint density at radius 2 is 1.69 bits per heavy atom. The maximum Gasteiger partial charge on any atom is 0.0578 e. The molecule has 0 unspecified atom stereocenters. The van der Waals surface area contributed by atoms with Gasteiger partial charge in [-0.05, 0) is 91.3 Å².